The van der Waals surface area contributed by atoms with Gasteiger partial charge >= 0.3 is 0 Å². The Labute approximate surface area is 110 Å². The van der Waals surface area contributed by atoms with Gasteiger partial charge in [0.05, 0.1) is 0 Å². The van der Waals surface area contributed by atoms with E-state index in [1.54, 1.807) is 12.2 Å². The first-order chi connectivity index (χ1) is 8.22. The topological polar surface area (TPSA) is 58.2 Å². The summed E-state index contributed by atoms with van der Waals surface area (Å²) in [5.41, 5.74) is 1.89. The predicted octanol–water partition coefficient (Wildman–Crippen LogP) is 1.93. The molecule has 0 rings (SSSR count). The highest BCUT2D eigenvalue weighted by Gasteiger charge is 2.14. The van der Waals surface area contributed by atoms with Gasteiger partial charge in [-0.25, -0.2) is 0 Å². The third-order valence-electron chi connectivity index (χ3n) is 2.33. The lowest BCUT2D eigenvalue weighted by Gasteiger charge is -2.21. The summed E-state index contributed by atoms with van der Waals surface area (Å²) in [6.45, 7) is 11.2. The number of carbonyl (C=O) groups excluding carboxylic acids is 2. The van der Waals surface area contributed by atoms with E-state index >= 15 is 0 Å². The Balaban J connectivity index is 4.31. The number of allylic oxidation sites excluding steroid dienone is 2. The highest BCUT2D eigenvalue weighted by Crippen LogP contribution is 1.96. The van der Waals surface area contributed by atoms with Gasteiger partial charge in [-0.05, 0) is 41.5 Å². The van der Waals surface area contributed by atoms with Crippen molar-refractivity contribution in [1.82, 2.24) is 10.6 Å². The summed E-state index contributed by atoms with van der Waals surface area (Å²) in [5, 5.41) is 5.64. The Morgan fingerprint density at radius 3 is 1.28 bits per heavy atom. The van der Waals surface area contributed by atoms with Crippen molar-refractivity contribution in [2.45, 2.75) is 53.6 Å². The predicted molar refractivity (Wildman–Crippen MR) is 74.1 cm³/mol. The minimum atomic E-state index is -0.134. The zero-order chi connectivity index (χ0) is 14.3. The standard InChI is InChI=1S/C14H24N2O2/c1-9(2)7-13(17)15-11(5)12(6)16-14(18)8-10(3)4/h7-8,11-12H,1-6H3,(H,15,17)(H,16,18). The number of nitrogens with one attached hydrogen (secondary N) is 2. The smallest absolute Gasteiger partial charge is 0.244 e. The second-order valence-electron chi connectivity index (χ2n) is 5.04. The van der Waals surface area contributed by atoms with Gasteiger partial charge in [-0.15, -0.1) is 0 Å². The van der Waals surface area contributed by atoms with Gasteiger partial charge in [0.1, 0.15) is 0 Å². The minimum Gasteiger partial charge on any atom is -0.348 e. The number of carbonyl (C=O) groups is 2. The molecule has 0 aromatic heterocycles. The second-order valence-corrected chi connectivity index (χ2v) is 5.04. The van der Waals surface area contributed by atoms with Crippen molar-refractivity contribution in [3.63, 3.8) is 0 Å². The second kappa shape index (κ2) is 7.69. The number of hydrogen-bond donors (Lipinski definition) is 2. The van der Waals surface area contributed by atoms with E-state index in [0.717, 1.165) is 11.1 Å². The fourth-order valence-corrected chi connectivity index (χ4v) is 1.31. The number of rotatable bonds is 5. The first-order valence-electron chi connectivity index (χ1n) is 6.13. The quantitative estimate of drug-likeness (QED) is 0.735. The highest BCUT2D eigenvalue weighted by molar-refractivity contribution is 5.89. The maximum absolute atomic E-state index is 11.5. The van der Waals surface area contributed by atoms with E-state index in [1.807, 2.05) is 41.5 Å². The van der Waals surface area contributed by atoms with Crippen LogP contribution in [0, 0.1) is 0 Å². The first-order valence-corrected chi connectivity index (χ1v) is 6.13. The van der Waals surface area contributed by atoms with E-state index in [-0.39, 0.29) is 23.9 Å². The Bertz CT molecular complexity index is 326. The van der Waals surface area contributed by atoms with Crippen LogP contribution < -0.4 is 10.6 Å². The van der Waals surface area contributed by atoms with Gasteiger partial charge in [-0.3, -0.25) is 9.59 Å². The van der Waals surface area contributed by atoms with Crippen LogP contribution in [0.2, 0.25) is 0 Å². The molecule has 0 saturated carbocycles. The van der Waals surface area contributed by atoms with E-state index in [4.69, 9.17) is 0 Å². The van der Waals surface area contributed by atoms with Crippen LogP contribution in [0.3, 0.4) is 0 Å². The molecule has 0 aliphatic rings. The minimum absolute atomic E-state index is 0.123. The lowest BCUT2D eigenvalue weighted by atomic mass is 10.1. The summed E-state index contributed by atoms with van der Waals surface area (Å²) in [5.74, 6) is -0.267. The van der Waals surface area contributed by atoms with Crippen LogP contribution in [0.15, 0.2) is 23.3 Å². The number of amides is 2. The largest absolute Gasteiger partial charge is 0.348 e. The molecule has 0 aliphatic carbocycles. The maximum Gasteiger partial charge on any atom is 0.244 e. The Kier molecular flexibility index (Phi) is 7.01. The monoisotopic (exact) mass is 252 g/mol. The highest BCUT2D eigenvalue weighted by atomic mass is 16.2. The molecular formula is C14H24N2O2. The van der Waals surface area contributed by atoms with E-state index in [1.165, 1.54) is 0 Å². The molecule has 0 aromatic carbocycles. The average Bonchev–Trinajstić information content (AvgIpc) is 2.13. The van der Waals surface area contributed by atoms with Gasteiger partial charge in [0.25, 0.3) is 0 Å². The average molecular weight is 252 g/mol. The lowest BCUT2D eigenvalue weighted by Crippen LogP contribution is -2.47. The number of hydrogen-bond acceptors (Lipinski definition) is 2. The van der Waals surface area contributed by atoms with Crippen molar-refractivity contribution in [2.75, 3.05) is 0 Å². The Hall–Kier alpha value is -1.58. The molecule has 102 valence electrons. The molecule has 0 heterocycles. The molecule has 18 heavy (non-hydrogen) atoms. The van der Waals surface area contributed by atoms with E-state index in [9.17, 15) is 9.59 Å². The normalized spacial score (nSPS) is 13.0. The van der Waals surface area contributed by atoms with Crippen LogP contribution in [-0.2, 0) is 9.59 Å². The molecule has 0 aromatic rings. The van der Waals surface area contributed by atoms with Gasteiger partial charge in [-0.2, -0.15) is 0 Å². The lowest BCUT2D eigenvalue weighted by molar-refractivity contribution is -0.119. The van der Waals surface area contributed by atoms with Crippen molar-refractivity contribution in [1.29, 1.82) is 0 Å². The molecule has 2 unspecified atom stereocenters. The van der Waals surface area contributed by atoms with Crippen LogP contribution in [0.25, 0.3) is 0 Å². The molecular weight excluding hydrogens is 228 g/mol. The van der Waals surface area contributed by atoms with Crippen molar-refractivity contribution < 1.29 is 9.59 Å². The molecule has 2 N–H and O–H groups in total. The zero-order valence-corrected chi connectivity index (χ0v) is 12.1. The molecule has 0 spiro atoms. The summed E-state index contributed by atoms with van der Waals surface area (Å²) in [6.07, 6.45) is 3.09. The summed E-state index contributed by atoms with van der Waals surface area (Å²) in [6, 6.07) is -0.245. The van der Waals surface area contributed by atoms with Crippen molar-refractivity contribution in [3.05, 3.63) is 23.3 Å². The van der Waals surface area contributed by atoms with Gasteiger partial charge in [0.15, 0.2) is 0 Å². The van der Waals surface area contributed by atoms with E-state index in [2.05, 4.69) is 10.6 Å². The van der Waals surface area contributed by atoms with Gasteiger partial charge in [-0.1, -0.05) is 11.1 Å². The molecule has 2 atom stereocenters. The van der Waals surface area contributed by atoms with Gasteiger partial charge < -0.3 is 10.6 Å². The fraction of sp³-hybridized carbons (Fsp3) is 0.571. The van der Waals surface area contributed by atoms with E-state index in [0.29, 0.717) is 0 Å². The maximum atomic E-state index is 11.5. The van der Waals surface area contributed by atoms with Crippen molar-refractivity contribution in [2.24, 2.45) is 0 Å². The molecule has 0 aliphatic heterocycles. The van der Waals surface area contributed by atoms with Crippen LogP contribution >= 0.6 is 0 Å². The third kappa shape index (κ3) is 7.65. The Morgan fingerprint density at radius 2 is 1.06 bits per heavy atom. The molecule has 0 saturated heterocycles. The molecule has 4 heteroatoms. The first kappa shape index (κ1) is 16.4. The van der Waals surface area contributed by atoms with Gasteiger partial charge in [0, 0.05) is 24.2 Å². The molecule has 2 amide bonds. The third-order valence-corrected chi connectivity index (χ3v) is 2.33. The molecule has 0 bridgehead atoms. The van der Waals surface area contributed by atoms with Crippen LogP contribution in [-0.4, -0.2) is 23.9 Å². The Morgan fingerprint density at radius 1 is 0.778 bits per heavy atom. The van der Waals surface area contributed by atoms with Gasteiger partial charge in [0.2, 0.25) is 11.8 Å². The van der Waals surface area contributed by atoms with Crippen molar-refractivity contribution in [3.8, 4) is 0 Å². The van der Waals surface area contributed by atoms with Crippen molar-refractivity contribution >= 4 is 11.8 Å². The summed E-state index contributed by atoms with van der Waals surface area (Å²) >= 11 is 0. The van der Waals surface area contributed by atoms with Crippen LogP contribution in [0.1, 0.15) is 41.5 Å². The SMILES string of the molecule is CC(C)=CC(=O)NC(C)C(C)NC(=O)C=C(C)C. The van der Waals surface area contributed by atoms with E-state index < -0.39 is 0 Å². The molecule has 4 nitrogen and oxygen atoms in total. The molecule has 0 radical (unpaired) electrons. The zero-order valence-electron chi connectivity index (χ0n) is 12.1. The fourth-order valence-electron chi connectivity index (χ4n) is 1.31. The summed E-state index contributed by atoms with van der Waals surface area (Å²) in [4.78, 5) is 23.0. The van der Waals surface area contributed by atoms with Crippen LogP contribution in [0.5, 0.6) is 0 Å². The summed E-state index contributed by atoms with van der Waals surface area (Å²) in [7, 11) is 0. The summed E-state index contributed by atoms with van der Waals surface area (Å²) < 4.78 is 0. The molecule has 0 fully saturated rings. The van der Waals surface area contributed by atoms with Crippen LogP contribution in [0.4, 0.5) is 0 Å².